The van der Waals surface area contributed by atoms with Gasteiger partial charge in [0.25, 0.3) is 0 Å². The number of amides is 1. The van der Waals surface area contributed by atoms with Gasteiger partial charge in [0.1, 0.15) is 0 Å². The predicted molar refractivity (Wildman–Crippen MR) is 154 cm³/mol. The van der Waals surface area contributed by atoms with Crippen molar-refractivity contribution in [1.82, 2.24) is 9.80 Å². The van der Waals surface area contributed by atoms with Crippen LogP contribution in [-0.4, -0.2) is 120 Å². The number of nitrogens with zero attached hydrogens (tertiary/aromatic N) is 3. The van der Waals surface area contributed by atoms with Crippen LogP contribution in [0.2, 0.25) is 6.04 Å². The van der Waals surface area contributed by atoms with Gasteiger partial charge >= 0.3 is 14.9 Å². The summed E-state index contributed by atoms with van der Waals surface area (Å²) < 4.78 is 29.5. The number of hydrogen-bond acceptors (Lipinski definition) is 9. The smallest absolute Gasteiger partial charge is 0.465 e. The maximum Gasteiger partial charge on any atom is 0.501 e. The number of ether oxygens (including phenoxy) is 2. The van der Waals surface area contributed by atoms with E-state index in [0.29, 0.717) is 71.6 Å². The first-order chi connectivity index (χ1) is 19.0. The van der Waals surface area contributed by atoms with E-state index >= 15 is 0 Å². The maximum atomic E-state index is 12.7. The minimum absolute atomic E-state index is 0.0591. The lowest BCUT2D eigenvalue weighted by atomic mass is 9.62. The molecular formula is C28H53N3O8Si. The summed E-state index contributed by atoms with van der Waals surface area (Å²) in [5, 5.41) is 10.4. The summed E-state index contributed by atoms with van der Waals surface area (Å²) in [5.74, 6) is 0. The third-order valence-corrected chi connectivity index (χ3v) is 10.8. The molecule has 232 valence electrons. The summed E-state index contributed by atoms with van der Waals surface area (Å²) >= 11 is 0. The maximum absolute atomic E-state index is 12.7. The third kappa shape index (κ3) is 11.5. The van der Waals surface area contributed by atoms with Gasteiger partial charge in [0.05, 0.1) is 31.9 Å². The SMILES string of the molecule is CCO[Si](CCCOCC(CN1CCOCC1)N(CC1(C)CC(N=C=O)CC(C)(C)C1)C(=O)O)(OCC)OCC. The Hall–Kier alpha value is -1.37. The molecule has 0 bridgehead atoms. The third-order valence-electron chi connectivity index (χ3n) is 7.64. The van der Waals surface area contributed by atoms with E-state index in [1.165, 1.54) is 0 Å². The second-order valence-electron chi connectivity index (χ2n) is 12.1. The molecule has 2 rings (SSSR count). The second kappa shape index (κ2) is 16.9. The zero-order valence-electron chi connectivity index (χ0n) is 25.6. The highest BCUT2D eigenvalue weighted by Gasteiger charge is 2.44. The molecule has 40 heavy (non-hydrogen) atoms. The molecule has 1 aliphatic heterocycles. The summed E-state index contributed by atoms with van der Waals surface area (Å²) in [6, 6.07) is 0.143. The number of morpholine rings is 1. The minimum Gasteiger partial charge on any atom is -0.465 e. The topological polar surface area (TPSA) is 119 Å². The lowest BCUT2D eigenvalue weighted by molar-refractivity contribution is -0.0159. The Labute approximate surface area is 241 Å². The number of carboxylic acid groups (broad SMARTS) is 1. The number of aliphatic imine (C=N–C) groups is 1. The van der Waals surface area contributed by atoms with Crippen molar-refractivity contribution in [1.29, 1.82) is 0 Å². The van der Waals surface area contributed by atoms with Gasteiger partial charge in [-0.25, -0.2) is 14.6 Å². The molecule has 2 aliphatic rings. The van der Waals surface area contributed by atoms with Gasteiger partial charge in [-0.2, -0.15) is 0 Å². The monoisotopic (exact) mass is 587 g/mol. The van der Waals surface area contributed by atoms with Gasteiger partial charge < -0.3 is 32.8 Å². The molecule has 3 atom stereocenters. The lowest BCUT2D eigenvalue weighted by Crippen LogP contribution is -2.55. The van der Waals surface area contributed by atoms with Gasteiger partial charge in [-0.05, 0) is 57.3 Å². The number of isocyanates is 1. The van der Waals surface area contributed by atoms with E-state index in [2.05, 4.69) is 30.7 Å². The van der Waals surface area contributed by atoms with Crippen molar-refractivity contribution in [3.8, 4) is 0 Å². The van der Waals surface area contributed by atoms with Crippen LogP contribution in [0, 0.1) is 10.8 Å². The van der Waals surface area contributed by atoms with E-state index in [0.717, 1.165) is 25.9 Å². The van der Waals surface area contributed by atoms with Gasteiger partial charge in [-0.1, -0.05) is 20.8 Å². The average molecular weight is 588 g/mol. The van der Waals surface area contributed by atoms with Crippen LogP contribution in [0.1, 0.15) is 67.2 Å². The Bertz CT molecular complexity index is 789. The summed E-state index contributed by atoms with van der Waals surface area (Å²) in [6.45, 7) is 18.3. The Kier molecular flexibility index (Phi) is 14.7. The van der Waals surface area contributed by atoms with E-state index in [1.54, 1.807) is 11.0 Å². The molecular weight excluding hydrogens is 534 g/mol. The lowest BCUT2D eigenvalue weighted by Gasteiger charge is -2.48. The fourth-order valence-corrected chi connectivity index (χ4v) is 9.14. The van der Waals surface area contributed by atoms with Crippen LogP contribution < -0.4 is 0 Å². The van der Waals surface area contributed by atoms with Crippen LogP contribution in [0.4, 0.5) is 4.79 Å². The molecule has 12 heteroatoms. The molecule has 0 radical (unpaired) electrons. The molecule has 1 saturated carbocycles. The predicted octanol–water partition coefficient (Wildman–Crippen LogP) is 4.04. The van der Waals surface area contributed by atoms with Crippen LogP contribution in [-0.2, 0) is 27.5 Å². The molecule has 11 nitrogen and oxygen atoms in total. The molecule has 3 unspecified atom stereocenters. The minimum atomic E-state index is -2.76. The van der Waals surface area contributed by atoms with Gasteiger partial charge in [0, 0.05) is 58.7 Å². The van der Waals surface area contributed by atoms with E-state index < -0.39 is 14.9 Å². The second-order valence-corrected chi connectivity index (χ2v) is 14.8. The molecule has 1 N–H and O–H groups in total. The molecule has 0 spiro atoms. The van der Waals surface area contributed by atoms with Crippen molar-refractivity contribution in [2.45, 2.75) is 85.4 Å². The Morgan fingerprint density at radius 3 is 2.30 bits per heavy atom. The van der Waals surface area contributed by atoms with Gasteiger partial charge in [-0.15, -0.1) is 0 Å². The van der Waals surface area contributed by atoms with Crippen molar-refractivity contribution in [3.63, 3.8) is 0 Å². The van der Waals surface area contributed by atoms with Crippen LogP contribution in [0.15, 0.2) is 4.99 Å². The molecule has 0 aromatic carbocycles. The Balaban J connectivity index is 2.12. The number of hydrogen-bond donors (Lipinski definition) is 1. The summed E-state index contributed by atoms with van der Waals surface area (Å²) in [6.07, 6.45) is 3.75. The van der Waals surface area contributed by atoms with Crippen molar-refractivity contribution in [2.24, 2.45) is 15.8 Å². The zero-order valence-corrected chi connectivity index (χ0v) is 26.6. The molecule has 1 heterocycles. The van der Waals surface area contributed by atoms with Crippen LogP contribution in [0.3, 0.4) is 0 Å². The standard InChI is InChI=1S/C28H53N3O8Si/c1-7-37-40(38-8-2,39-9-3)16-10-13-36-20-25(19-30-11-14-35-15-12-30)31(26(33)34)22-28(6)18-24(29-23-32)17-27(4,5)21-28/h24-25H,7-22H2,1-6H3,(H,33,34). The van der Waals surface area contributed by atoms with E-state index in [4.69, 9.17) is 22.8 Å². The van der Waals surface area contributed by atoms with Crippen molar-refractivity contribution >= 4 is 21.0 Å². The van der Waals surface area contributed by atoms with Crippen molar-refractivity contribution < 1.29 is 37.4 Å². The first-order valence-electron chi connectivity index (χ1n) is 14.9. The largest absolute Gasteiger partial charge is 0.501 e. The summed E-state index contributed by atoms with van der Waals surface area (Å²) in [7, 11) is -2.76. The summed E-state index contributed by atoms with van der Waals surface area (Å²) in [5.41, 5.74) is -0.386. The van der Waals surface area contributed by atoms with Crippen LogP contribution in [0.5, 0.6) is 0 Å². The van der Waals surface area contributed by atoms with Crippen LogP contribution >= 0.6 is 0 Å². The number of carbonyl (C=O) groups excluding carboxylic acids is 1. The van der Waals surface area contributed by atoms with Gasteiger partial charge in [0.2, 0.25) is 6.08 Å². The first kappa shape index (κ1) is 34.8. The molecule has 2 fully saturated rings. The Morgan fingerprint density at radius 2 is 1.75 bits per heavy atom. The Morgan fingerprint density at radius 1 is 1.12 bits per heavy atom. The number of rotatable bonds is 18. The van der Waals surface area contributed by atoms with E-state index in [-0.39, 0.29) is 29.5 Å². The highest BCUT2D eigenvalue weighted by Crippen LogP contribution is 2.47. The first-order valence-corrected chi connectivity index (χ1v) is 16.8. The molecule has 0 aromatic heterocycles. The number of carbonyl (C=O) groups is 1. The zero-order chi connectivity index (χ0) is 29.7. The summed E-state index contributed by atoms with van der Waals surface area (Å²) in [4.78, 5) is 31.6. The van der Waals surface area contributed by atoms with Crippen LogP contribution in [0.25, 0.3) is 0 Å². The average Bonchev–Trinajstić information content (AvgIpc) is 2.86. The normalized spacial score (nSPS) is 24.3. The van der Waals surface area contributed by atoms with Gasteiger partial charge in [-0.3, -0.25) is 4.90 Å². The highest BCUT2D eigenvalue weighted by molar-refractivity contribution is 6.60. The quantitative estimate of drug-likeness (QED) is 0.110. The highest BCUT2D eigenvalue weighted by atomic mass is 28.4. The molecule has 1 aliphatic carbocycles. The van der Waals surface area contributed by atoms with E-state index in [9.17, 15) is 14.7 Å². The van der Waals surface area contributed by atoms with E-state index in [1.807, 2.05) is 20.8 Å². The van der Waals surface area contributed by atoms with Gasteiger partial charge in [0.15, 0.2) is 0 Å². The molecule has 1 amide bonds. The fraction of sp³-hybridized carbons (Fsp3) is 0.929. The fourth-order valence-electron chi connectivity index (χ4n) is 6.56. The van der Waals surface area contributed by atoms with Crippen molar-refractivity contribution in [3.05, 3.63) is 0 Å². The molecule has 1 saturated heterocycles. The van der Waals surface area contributed by atoms with Crippen molar-refractivity contribution in [2.75, 3.05) is 72.4 Å². The molecule has 0 aromatic rings.